The zero-order chi connectivity index (χ0) is 20.6. The Labute approximate surface area is 163 Å². The van der Waals surface area contributed by atoms with Crippen LogP contribution in [-0.2, 0) is 0 Å². The fraction of sp³-hybridized carbons (Fsp3) is 0.389. The quantitative estimate of drug-likeness (QED) is 0.724. The van der Waals surface area contributed by atoms with E-state index in [2.05, 4.69) is 20.6 Å². The van der Waals surface area contributed by atoms with E-state index < -0.39 is 36.1 Å². The maximum Gasteiger partial charge on any atom is 0.281 e. The molecule has 0 bridgehead atoms. The average molecular weight is 411 g/mol. The van der Waals surface area contributed by atoms with Gasteiger partial charge >= 0.3 is 0 Å². The molecule has 4 rings (SSSR count). The van der Waals surface area contributed by atoms with Gasteiger partial charge in [-0.1, -0.05) is 0 Å². The molecule has 1 unspecified atom stereocenters. The molecular weight excluding hydrogens is 394 g/mol. The fourth-order valence-corrected chi connectivity index (χ4v) is 3.19. The summed E-state index contributed by atoms with van der Waals surface area (Å²) in [6.45, 7) is 0.0980. The van der Waals surface area contributed by atoms with Crippen LogP contribution >= 0.6 is 0 Å². The van der Waals surface area contributed by atoms with Gasteiger partial charge in [-0.3, -0.25) is 4.79 Å². The molecule has 2 aromatic rings. The molecule has 1 atom stereocenters. The van der Waals surface area contributed by atoms with Gasteiger partial charge in [-0.2, -0.15) is 0 Å². The van der Waals surface area contributed by atoms with Gasteiger partial charge in [0.05, 0.1) is 19.6 Å². The van der Waals surface area contributed by atoms with E-state index in [0.29, 0.717) is 13.1 Å². The summed E-state index contributed by atoms with van der Waals surface area (Å²) < 4.78 is 59.3. The van der Waals surface area contributed by atoms with Crippen LogP contribution in [0.2, 0.25) is 0 Å². The molecule has 0 spiro atoms. The van der Waals surface area contributed by atoms with Gasteiger partial charge in [0, 0.05) is 25.0 Å². The van der Waals surface area contributed by atoms with Crippen LogP contribution in [-0.4, -0.2) is 60.1 Å². The van der Waals surface area contributed by atoms with E-state index >= 15 is 0 Å². The lowest BCUT2D eigenvalue weighted by Crippen LogP contribution is -2.55. The number of benzene rings is 1. The average Bonchev–Trinajstić information content (AvgIpc) is 2.99. The predicted octanol–water partition coefficient (Wildman–Crippen LogP) is 1.36. The maximum absolute atomic E-state index is 13.7. The lowest BCUT2D eigenvalue weighted by atomic mass is 10.1. The Morgan fingerprint density at radius 2 is 1.97 bits per heavy atom. The number of carbonyl (C=O) groups excluding carboxylic acids is 1. The van der Waals surface area contributed by atoms with Gasteiger partial charge in [0.25, 0.3) is 11.8 Å². The molecule has 1 amide bonds. The Kier molecular flexibility index (Phi) is 4.99. The first kappa shape index (κ1) is 19.4. The van der Waals surface area contributed by atoms with E-state index in [1.54, 1.807) is 4.90 Å². The summed E-state index contributed by atoms with van der Waals surface area (Å²) in [6, 6.07) is 1.91. The van der Waals surface area contributed by atoms with Crippen molar-refractivity contribution in [2.24, 2.45) is 0 Å². The van der Waals surface area contributed by atoms with Crippen molar-refractivity contribution in [2.45, 2.75) is 18.1 Å². The normalized spacial score (nSPS) is 21.0. The summed E-state index contributed by atoms with van der Waals surface area (Å²) in [5.41, 5.74) is -0.0681. The molecule has 29 heavy (non-hydrogen) atoms. The van der Waals surface area contributed by atoms with E-state index in [9.17, 15) is 22.4 Å². The molecule has 2 fully saturated rings. The largest absolute Gasteiger partial charge is 0.487 e. The van der Waals surface area contributed by atoms with Crippen LogP contribution in [0, 0.1) is 11.6 Å². The molecule has 2 aliphatic heterocycles. The van der Waals surface area contributed by atoms with E-state index in [-0.39, 0.29) is 29.9 Å². The van der Waals surface area contributed by atoms with Crippen LogP contribution in [0.15, 0.2) is 30.6 Å². The number of alkyl halides is 2. The van der Waals surface area contributed by atoms with E-state index in [0.717, 1.165) is 12.1 Å². The first-order valence-electron chi connectivity index (χ1n) is 8.90. The van der Waals surface area contributed by atoms with Gasteiger partial charge in [0.15, 0.2) is 23.1 Å². The number of aromatic nitrogens is 2. The zero-order valence-electron chi connectivity index (χ0n) is 15.0. The molecule has 11 heteroatoms. The molecule has 1 aromatic carbocycles. The van der Waals surface area contributed by atoms with Crippen molar-refractivity contribution >= 4 is 11.7 Å². The number of halogens is 4. The molecule has 154 valence electrons. The number of nitrogens with one attached hydrogen (secondary N) is 2. The third-order valence-corrected chi connectivity index (χ3v) is 4.76. The number of hydrogen-bond acceptors (Lipinski definition) is 6. The number of anilines is 1. The number of amides is 1. The van der Waals surface area contributed by atoms with Crippen LogP contribution in [0.1, 0.15) is 10.5 Å². The Morgan fingerprint density at radius 1 is 1.21 bits per heavy atom. The smallest absolute Gasteiger partial charge is 0.281 e. The first-order valence-corrected chi connectivity index (χ1v) is 8.90. The molecule has 3 heterocycles. The minimum atomic E-state index is -3.04. The molecule has 7 nitrogen and oxygen atoms in total. The van der Waals surface area contributed by atoms with E-state index in [1.165, 1.54) is 18.5 Å². The predicted molar refractivity (Wildman–Crippen MR) is 94.1 cm³/mol. The van der Waals surface area contributed by atoms with Gasteiger partial charge < -0.3 is 20.3 Å². The standard InChI is InChI=1S/C18H17F4N5O2/c19-12-2-1-10(5-13(12)20)29-11-7-27(8-11)16-15(24-3-4-25-16)17(28)26-14-6-23-9-18(14,21)22/h1-5,11,14,23H,6-9H2,(H,26,28). The molecule has 0 aliphatic carbocycles. The summed E-state index contributed by atoms with van der Waals surface area (Å²) >= 11 is 0. The summed E-state index contributed by atoms with van der Waals surface area (Å²) in [4.78, 5) is 22.3. The van der Waals surface area contributed by atoms with Gasteiger partial charge in [-0.05, 0) is 12.1 Å². The van der Waals surface area contributed by atoms with Crippen LogP contribution < -0.4 is 20.3 Å². The highest BCUT2D eigenvalue weighted by atomic mass is 19.3. The van der Waals surface area contributed by atoms with Crippen molar-refractivity contribution in [3.8, 4) is 5.75 Å². The number of rotatable bonds is 5. The summed E-state index contributed by atoms with van der Waals surface area (Å²) in [7, 11) is 0. The lowest BCUT2D eigenvalue weighted by Gasteiger charge is -2.40. The molecule has 2 aliphatic rings. The van der Waals surface area contributed by atoms with Crippen LogP contribution in [0.5, 0.6) is 5.75 Å². The van der Waals surface area contributed by atoms with E-state index in [4.69, 9.17) is 4.74 Å². The van der Waals surface area contributed by atoms with Crippen LogP contribution in [0.25, 0.3) is 0 Å². The van der Waals surface area contributed by atoms with Crippen molar-refractivity contribution in [3.63, 3.8) is 0 Å². The first-order chi connectivity index (χ1) is 13.8. The summed E-state index contributed by atoms with van der Waals surface area (Å²) in [6.07, 6.45) is 2.36. The van der Waals surface area contributed by atoms with Crippen molar-refractivity contribution in [1.82, 2.24) is 20.6 Å². The van der Waals surface area contributed by atoms with Crippen LogP contribution in [0.3, 0.4) is 0 Å². The second-order valence-corrected chi connectivity index (χ2v) is 6.87. The van der Waals surface area contributed by atoms with Gasteiger partial charge in [-0.25, -0.2) is 27.5 Å². The Balaban J connectivity index is 1.40. The Bertz CT molecular complexity index is 923. The van der Waals surface area contributed by atoms with Crippen molar-refractivity contribution in [3.05, 3.63) is 47.9 Å². The van der Waals surface area contributed by atoms with Crippen LogP contribution in [0.4, 0.5) is 23.4 Å². The highest BCUT2D eigenvalue weighted by Gasteiger charge is 2.45. The molecule has 0 saturated carbocycles. The monoisotopic (exact) mass is 411 g/mol. The highest BCUT2D eigenvalue weighted by molar-refractivity contribution is 5.97. The Hall–Kier alpha value is -2.95. The maximum atomic E-state index is 13.7. The fourth-order valence-electron chi connectivity index (χ4n) is 3.19. The second-order valence-electron chi connectivity index (χ2n) is 6.87. The van der Waals surface area contributed by atoms with Gasteiger partial charge in [0.1, 0.15) is 17.9 Å². The van der Waals surface area contributed by atoms with E-state index in [1.807, 2.05) is 0 Å². The van der Waals surface area contributed by atoms with Gasteiger partial charge in [-0.15, -0.1) is 0 Å². The molecule has 0 radical (unpaired) electrons. The topological polar surface area (TPSA) is 79.4 Å². The third-order valence-electron chi connectivity index (χ3n) is 4.76. The second kappa shape index (κ2) is 7.47. The number of carbonyl (C=O) groups is 1. The molecule has 1 aromatic heterocycles. The number of ether oxygens (including phenoxy) is 1. The highest BCUT2D eigenvalue weighted by Crippen LogP contribution is 2.26. The third kappa shape index (κ3) is 3.95. The SMILES string of the molecule is O=C(NC1CNCC1(F)F)c1nccnc1N1CC(Oc2ccc(F)c(F)c2)C1. The number of hydrogen-bond donors (Lipinski definition) is 2. The minimum Gasteiger partial charge on any atom is -0.487 e. The number of nitrogens with zero attached hydrogens (tertiary/aromatic N) is 3. The summed E-state index contributed by atoms with van der Waals surface area (Å²) in [5.74, 6) is -5.34. The van der Waals surface area contributed by atoms with Crippen molar-refractivity contribution in [1.29, 1.82) is 0 Å². The molecule has 2 N–H and O–H groups in total. The molecule has 2 saturated heterocycles. The Morgan fingerprint density at radius 3 is 2.66 bits per heavy atom. The zero-order valence-corrected chi connectivity index (χ0v) is 15.0. The van der Waals surface area contributed by atoms with Gasteiger partial charge in [0.2, 0.25) is 0 Å². The minimum absolute atomic E-state index is 0.0395. The van der Waals surface area contributed by atoms with Crippen molar-refractivity contribution in [2.75, 3.05) is 31.1 Å². The molecular formula is C18H17F4N5O2. The lowest BCUT2D eigenvalue weighted by molar-refractivity contribution is -0.00252. The van der Waals surface area contributed by atoms with Crippen molar-refractivity contribution < 1.29 is 27.1 Å². The summed E-state index contributed by atoms with van der Waals surface area (Å²) in [5, 5.41) is 4.84.